The van der Waals surface area contributed by atoms with Crippen LogP contribution in [-0.4, -0.2) is 37.9 Å². The summed E-state index contributed by atoms with van der Waals surface area (Å²) in [6.45, 7) is 0. The Labute approximate surface area is 193 Å². The molecule has 14 heteroatoms. The zero-order valence-electron chi connectivity index (χ0n) is 16.7. The van der Waals surface area contributed by atoms with Crippen molar-refractivity contribution in [1.82, 2.24) is 0 Å². The second-order valence-electron chi connectivity index (χ2n) is 6.26. The van der Waals surface area contributed by atoms with Crippen LogP contribution >= 0.6 is 0 Å². The molecule has 0 saturated heterocycles. The van der Waals surface area contributed by atoms with E-state index in [4.69, 9.17) is 18.6 Å². The summed E-state index contributed by atoms with van der Waals surface area (Å²) in [5, 5.41) is 0. The van der Waals surface area contributed by atoms with Gasteiger partial charge in [-0.05, 0) is 48.5 Å². The lowest BCUT2D eigenvalue weighted by Crippen LogP contribution is -2.12. The van der Waals surface area contributed by atoms with Gasteiger partial charge in [-0.1, -0.05) is 24.3 Å². The van der Waals surface area contributed by atoms with E-state index in [1.165, 1.54) is 72.8 Å². The van der Waals surface area contributed by atoms with Gasteiger partial charge in [0.05, 0.1) is 0 Å². The molecule has 0 radical (unpaired) electrons. The molecule has 3 rings (SSSR count). The lowest BCUT2D eigenvalue weighted by atomic mass is 10.2. The number of para-hydroxylation sites is 2. The molecule has 0 aliphatic carbocycles. The Morgan fingerprint density at radius 3 is 1.21 bits per heavy atom. The first-order chi connectivity index (χ1) is 15.9. The van der Waals surface area contributed by atoms with Gasteiger partial charge in [0, 0.05) is 0 Å². The van der Waals surface area contributed by atoms with Crippen LogP contribution in [0, 0.1) is 0 Å². The Morgan fingerprint density at radius 1 is 0.559 bits per heavy atom. The summed E-state index contributed by atoms with van der Waals surface area (Å²) < 4.78 is 79.6. The quantitative estimate of drug-likeness (QED) is 0.423. The summed E-state index contributed by atoms with van der Waals surface area (Å²) in [5.41, 5.74) is -0.543. The average Bonchev–Trinajstić information content (AvgIpc) is 2.73. The van der Waals surface area contributed by atoms with Crippen LogP contribution in [0.4, 0.5) is 0 Å². The SMILES string of the molecule is O=C(OS(=O)(=O)O)c1ccccc1Oc1ccc(Oc2ccccc2C(=O)OS(=O)(=O)O)cc1. The van der Waals surface area contributed by atoms with E-state index in [1.807, 2.05) is 0 Å². The lowest BCUT2D eigenvalue weighted by Gasteiger charge is -2.12. The Bertz CT molecular complexity index is 1320. The maximum atomic E-state index is 11.9. The highest BCUT2D eigenvalue weighted by Gasteiger charge is 2.21. The number of carbonyl (C=O) groups excluding carboxylic acids is 2. The molecule has 0 heterocycles. The van der Waals surface area contributed by atoms with Crippen LogP contribution in [0.25, 0.3) is 0 Å². The third-order valence-corrected chi connectivity index (χ3v) is 4.58. The van der Waals surface area contributed by atoms with E-state index in [-0.39, 0.29) is 34.1 Å². The van der Waals surface area contributed by atoms with E-state index < -0.39 is 32.7 Å². The van der Waals surface area contributed by atoms with Gasteiger partial charge in [-0.25, -0.2) is 9.59 Å². The van der Waals surface area contributed by atoms with Crippen molar-refractivity contribution in [2.24, 2.45) is 0 Å². The molecule has 0 unspecified atom stereocenters. The third kappa shape index (κ3) is 7.01. The molecule has 0 fully saturated rings. The maximum absolute atomic E-state index is 11.9. The van der Waals surface area contributed by atoms with Crippen molar-refractivity contribution in [3.63, 3.8) is 0 Å². The summed E-state index contributed by atoms with van der Waals surface area (Å²) in [5.74, 6) is -2.46. The van der Waals surface area contributed by atoms with Crippen molar-refractivity contribution < 1.29 is 53.4 Å². The summed E-state index contributed by atoms with van der Waals surface area (Å²) in [6.07, 6.45) is 0. The minimum absolute atomic E-state index is 0.0666. The van der Waals surface area contributed by atoms with Crippen LogP contribution in [0.1, 0.15) is 20.7 Å². The van der Waals surface area contributed by atoms with Crippen molar-refractivity contribution in [2.75, 3.05) is 0 Å². The maximum Gasteiger partial charge on any atom is 0.449 e. The molecule has 0 amide bonds. The topological polar surface area (TPSA) is 180 Å². The Morgan fingerprint density at radius 2 is 0.882 bits per heavy atom. The van der Waals surface area contributed by atoms with Gasteiger partial charge in [0.25, 0.3) is 0 Å². The minimum atomic E-state index is -5.02. The van der Waals surface area contributed by atoms with Gasteiger partial charge in [0.15, 0.2) is 0 Å². The smallest absolute Gasteiger partial charge is 0.449 e. The Balaban J connectivity index is 1.77. The number of hydrogen-bond donors (Lipinski definition) is 2. The number of benzene rings is 3. The van der Waals surface area contributed by atoms with Gasteiger partial charge in [0.1, 0.15) is 34.1 Å². The molecule has 3 aromatic rings. The minimum Gasteiger partial charge on any atom is -0.456 e. The molecule has 0 aliphatic heterocycles. The molecule has 12 nitrogen and oxygen atoms in total. The molecule has 0 saturated carbocycles. The molecule has 2 N–H and O–H groups in total. The molecule has 3 aromatic carbocycles. The first kappa shape index (κ1) is 24.7. The Kier molecular flexibility index (Phi) is 7.17. The highest BCUT2D eigenvalue weighted by atomic mass is 32.3. The van der Waals surface area contributed by atoms with Crippen molar-refractivity contribution in [3.8, 4) is 23.0 Å². The summed E-state index contributed by atoms with van der Waals surface area (Å²) in [6, 6.07) is 16.7. The number of carbonyl (C=O) groups is 2. The summed E-state index contributed by atoms with van der Waals surface area (Å²) in [7, 11) is -10.0. The van der Waals surface area contributed by atoms with Crippen LogP contribution in [-0.2, 0) is 29.2 Å². The van der Waals surface area contributed by atoms with Crippen molar-refractivity contribution in [2.45, 2.75) is 0 Å². The second-order valence-corrected chi connectivity index (χ2v) is 8.31. The number of ether oxygens (including phenoxy) is 2. The normalized spacial score (nSPS) is 11.4. The van der Waals surface area contributed by atoms with Gasteiger partial charge in [-0.3, -0.25) is 9.11 Å². The fourth-order valence-electron chi connectivity index (χ4n) is 2.56. The van der Waals surface area contributed by atoms with Crippen molar-refractivity contribution in [1.29, 1.82) is 0 Å². The monoisotopic (exact) mass is 510 g/mol. The fourth-order valence-corrected chi connectivity index (χ4v) is 3.12. The first-order valence-electron chi connectivity index (χ1n) is 8.97. The van der Waals surface area contributed by atoms with E-state index >= 15 is 0 Å². The summed E-state index contributed by atoms with van der Waals surface area (Å²) >= 11 is 0. The molecule has 0 aromatic heterocycles. The number of hydrogen-bond acceptors (Lipinski definition) is 10. The highest BCUT2D eigenvalue weighted by molar-refractivity contribution is 7.81. The van der Waals surface area contributed by atoms with Crippen molar-refractivity contribution >= 4 is 32.7 Å². The molecule has 0 bridgehead atoms. The van der Waals surface area contributed by atoms with Gasteiger partial charge in [-0.2, -0.15) is 16.8 Å². The van der Waals surface area contributed by atoms with E-state index in [0.717, 1.165) is 0 Å². The average molecular weight is 510 g/mol. The molecule has 34 heavy (non-hydrogen) atoms. The zero-order chi connectivity index (χ0) is 24.9. The standard InChI is InChI=1S/C20H14O12S2/c21-19(31-33(23,24)25)15-5-1-3-7-17(15)29-13-9-11-14(12-10-13)30-18-8-4-2-6-16(18)20(22)32-34(26,27)28/h1-12H,(H,23,24,25)(H,26,27,28). The van der Waals surface area contributed by atoms with Crippen LogP contribution in [0.2, 0.25) is 0 Å². The van der Waals surface area contributed by atoms with Gasteiger partial charge >= 0.3 is 32.7 Å². The van der Waals surface area contributed by atoms with Crippen LogP contribution in [0.5, 0.6) is 23.0 Å². The lowest BCUT2D eigenvalue weighted by molar-refractivity contribution is 0.0711. The highest BCUT2D eigenvalue weighted by Crippen LogP contribution is 2.30. The molecule has 0 atom stereocenters. The molecular weight excluding hydrogens is 496 g/mol. The molecule has 0 aliphatic rings. The fraction of sp³-hybridized carbons (Fsp3) is 0. The van der Waals surface area contributed by atoms with Gasteiger partial charge < -0.3 is 17.8 Å². The largest absolute Gasteiger partial charge is 0.456 e. The van der Waals surface area contributed by atoms with Crippen LogP contribution in [0.3, 0.4) is 0 Å². The first-order valence-corrected chi connectivity index (χ1v) is 11.7. The molecular formula is C20H14O12S2. The van der Waals surface area contributed by atoms with Gasteiger partial charge in [-0.15, -0.1) is 0 Å². The number of rotatable bonds is 8. The zero-order valence-corrected chi connectivity index (χ0v) is 18.4. The summed E-state index contributed by atoms with van der Waals surface area (Å²) in [4.78, 5) is 23.9. The van der Waals surface area contributed by atoms with E-state index in [9.17, 15) is 26.4 Å². The second kappa shape index (κ2) is 9.88. The molecule has 0 spiro atoms. The van der Waals surface area contributed by atoms with Crippen LogP contribution < -0.4 is 9.47 Å². The van der Waals surface area contributed by atoms with E-state index in [0.29, 0.717) is 0 Å². The van der Waals surface area contributed by atoms with Crippen LogP contribution in [0.15, 0.2) is 72.8 Å². The predicted molar refractivity (Wildman–Crippen MR) is 113 cm³/mol. The Hall–Kier alpha value is -3.98. The predicted octanol–water partition coefficient (Wildman–Crippen LogP) is 3.19. The van der Waals surface area contributed by atoms with E-state index in [2.05, 4.69) is 8.37 Å². The molecule has 178 valence electrons. The van der Waals surface area contributed by atoms with E-state index in [1.54, 1.807) is 0 Å². The third-order valence-electron chi connectivity index (χ3n) is 3.86. The van der Waals surface area contributed by atoms with Crippen molar-refractivity contribution in [3.05, 3.63) is 83.9 Å². The van der Waals surface area contributed by atoms with Gasteiger partial charge in [0.2, 0.25) is 0 Å².